The van der Waals surface area contributed by atoms with Gasteiger partial charge in [0.2, 0.25) is 5.91 Å². The van der Waals surface area contributed by atoms with Crippen molar-refractivity contribution < 1.29 is 4.79 Å². The van der Waals surface area contributed by atoms with Gasteiger partial charge in [-0.2, -0.15) is 0 Å². The molecule has 1 atom stereocenters. The zero-order chi connectivity index (χ0) is 12.6. The third-order valence-corrected chi connectivity index (χ3v) is 3.74. The molecule has 0 fully saturated rings. The molecule has 0 saturated carbocycles. The highest BCUT2D eigenvalue weighted by molar-refractivity contribution is 9.10. The molecule has 0 heterocycles. The smallest absolute Gasteiger partial charge is 0.239 e. The number of hydrogen-bond donors (Lipinski definition) is 0. The Labute approximate surface area is 111 Å². The number of halogens is 1. The van der Waals surface area contributed by atoms with E-state index in [1.54, 1.807) is 0 Å². The van der Waals surface area contributed by atoms with Gasteiger partial charge in [0.25, 0.3) is 0 Å². The largest absolute Gasteiger partial charge is 0.338 e. The van der Waals surface area contributed by atoms with Crippen molar-refractivity contribution in [2.45, 2.75) is 37.1 Å². The third-order valence-electron chi connectivity index (χ3n) is 3.40. The Morgan fingerprint density at radius 1 is 1.41 bits per heavy atom. The molecule has 1 aliphatic carbocycles. The summed E-state index contributed by atoms with van der Waals surface area (Å²) in [6, 6.07) is 8.65. The van der Waals surface area contributed by atoms with Crippen LogP contribution in [0.3, 0.4) is 0 Å². The molecule has 17 heavy (non-hydrogen) atoms. The average molecular weight is 296 g/mol. The van der Waals surface area contributed by atoms with Gasteiger partial charge in [-0.3, -0.25) is 4.79 Å². The number of amides is 1. The molecule has 0 aromatic heterocycles. The molecule has 0 N–H and O–H groups in total. The summed E-state index contributed by atoms with van der Waals surface area (Å²) in [5, 5.41) is 0. The van der Waals surface area contributed by atoms with Crippen molar-refractivity contribution in [1.82, 2.24) is 4.90 Å². The quantitative estimate of drug-likeness (QED) is 0.767. The second-order valence-corrected chi connectivity index (χ2v) is 7.12. The van der Waals surface area contributed by atoms with E-state index in [1.807, 2.05) is 25.8 Å². The van der Waals surface area contributed by atoms with E-state index in [1.165, 1.54) is 11.1 Å². The van der Waals surface area contributed by atoms with Crippen molar-refractivity contribution in [2.75, 3.05) is 7.05 Å². The van der Waals surface area contributed by atoms with Crippen LogP contribution in [-0.2, 0) is 11.2 Å². The molecular formula is C14H18BrNO. The van der Waals surface area contributed by atoms with E-state index in [0.29, 0.717) is 0 Å². The van der Waals surface area contributed by atoms with Crippen LogP contribution >= 0.6 is 15.9 Å². The second kappa shape index (κ2) is 4.45. The first-order valence-corrected chi connectivity index (χ1v) is 6.74. The fourth-order valence-electron chi connectivity index (χ4n) is 2.50. The number of carbonyl (C=O) groups is 1. The van der Waals surface area contributed by atoms with Crippen LogP contribution in [0, 0.1) is 0 Å². The van der Waals surface area contributed by atoms with E-state index in [9.17, 15) is 4.79 Å². The first kappa shape index (κ1) is 12.6. The highest BCUT2D eigenvalue weighted by Crippen LogP contribution is 2.36. The summed E-state index contributed by atoms with van der Waals surface area (Å²) in [6.45, 7) is 3.79. The SMILES string of the molecule is CN(C(=O)C(C)(C)Br)C1CCc2ccccc21. The maximum Gasteiger partial charge on any atom is 0.239 e. The Bertz CT molecular complexity index is 436. The highest BCUT2D eigenvalue weighted by Gasteiger charge is 2.34. The van der Waals surface area contributed by atoms with Gasteiger partial charge in [-0.15, -0.1) is 0 Å². The van der Waals surface area contributed by atoms with Crippen LogP contribution in [0.1, 0.15) is 37.4 Å². The van der Waals surface area contributed by atoms with Crippen molar-refractivity contribution in [3.63, 3.8) is 0 Å². The predicted molar refractivity (Wildman–Crippen MR) is 73.3 cm³/mol. The number of nitrogens with zero attached hydrogens (tertiary/aromatic N) is 1. The van der Waals surface area contributed by atoms with E-state index in [2.05, 4.69) is 40.2 Å². The topological polar surface area (TPSA) is 20.3 Å². The number of carbonyl (C=O) groups excluding carboxylic acids is 1. The van der Waals surface area contributed by atoms with Crippen LogP contribution in [0.15, 0.2) is 24.3 Å². The maximum absolute atomic E-state index is 12.2. The Kier molecular flexibility index (Phi) is 3.30. The molecule has 1 unspecified atom stereocenters. The van der Waals surface area contributed by atoms with Crippen molar-refractivity contribution >= 4 is 21.8 Å². The standard InChI is InChI=1S/C14H18BrNO/c1-14(2,15)13(17)16(3)12-9-8-10-6-4-5-7-11(10)12/h4-7,12H,8-9H2,1-3H3. The third kappa shape index (κ3) is 2.39. The summed E-state index contributed by atoms with van der Waals surface area (Å²) in [5.41, 5.74) is 2.68. The van der Waals surface area contributed by atoms with Gasteiger partial charge in [-0.25, -0.2) is 0 Å². The molecule has 1 aromatic rings. The van der Waals surface area contributed by atoms with Gasteiger partial charge in [0.05, 0.1) is 10.4 Å². The lowest BCUT2D eigenvalue weighted by atomic mass is 10.1. The minimum atomic E-state index is -0.487. The Morgan fingerprint density at radius 3 is 2.71 bits per heavy atom. The van der Waals surface area contributed by atoms with Crippen LogP contribution < -0.4 is 0 Å². The van der Waals surface area contributed by atoms with Gasteiger partial charge >= 0.3 is 0 Å². The Balaban J connectivity index is 2.24. The summed E-state index contributed by atoms with van der Waals surface area (Å²) in [7, 11) is 1.90. The number of rotatable bonds is 2. The lowest BCUT2D eigenvalue weighted by molar-refractivity contribution is -0.133. The van der Waals surface area contributed by atoms with E-state index in [4.69, 9.17) is 0 Å². The van der Waals surface area contributed by atoms with Crippen molar-refractivity contribution in [1.29, 1.82) is 0 Å². The van der Waals surface area contributed by atoms with E-state index in [-0.39, 0.29) is 11.9 Å². The predicted octanol–water partition coefficient (Wildman–Crippen LogP) is 3.31. The molecule has 0 radical (unpaired) electrons. The van der Waals surface area contributed by atoms with Crippen molar-refractivity contribution in [2.24, 2.45) is 0 Å². The molecule has 92 valence electrons. The van der Waals surface area contributed by atoms with Gasteiger partial charge in [0, 0.05) is 7.05 Å². The van der Waals surface area contributed by atoms with Crippen molar-refractivity contribution in [3.8, 4) is 0 Å². The fourth-order valence-corrected chi connectivity index (χ4v) is 2.78. The number of aryl methyl sites for hydroxylation is 1. The molecule has 0 bridgehead atoms. The van der Waals surface area contributed by atoms with Gasteiger partial charge in [-0.1, -0.05) is 40.2 Å². The van der Waals surface area contributed by atoms with Gasteiger partial charge in [0.1, 0.15) is 0 Å². The highest BCUT2D eigenvalue weighted by atomic mass is 79.9. The molecule has 2 rings (SSSR count). The first-order chi connectivity index (χ1) is 7.91. The Hall–Kier alpha value is -0.830. The monoisotopic (exact) mass is 295 g/mol. The molecular weight excluding hydrogens is 278 g/mol. The fraction of sp³-hybridized carbons (Fsp3) is 0.500. The van der Waals surface area contributed by atoms with E-state index in [0.717, 1.165) is 12.8 Å². The van der Waals surface area contributed by atoms with Crippen LogP contribution in [0.25, 0.3) is 0 Å². The zero-order valence-electron chi connectivity index (χ0n) is 10.5. The van der Waals surface area contributed by atoms with Gasteiger partial charge in [0.15, 0.2) is 0 Å². The summed E-state index contributed by atoms with van der Waals surface area (Å²) in [5.74, 6) is 0.138. The molecule has 0 saturated heterocycles. The maximum atomic E-state index is 12.2. The normalized spacial score (nSPS) is 18.9. The number of fused-ring (bicyclic) bond motifs is 1. The molecule has 1 amide bonds. The minimum absolute atomic E-state index is 0.138. The van der Waals surface area contributed by atoms with Gasteiger partial charge < -0.3 is 4.90 Å². The molecule has 1 aromatic carbocycles. The summed E-state index contributed by atoms with van der Waals surface area (Å²) >= 11 is 3.44. The summed E-state index contributed by atoms with van der Waals surface area (Å²) < 4.78 is -0.487. The summed E-state index contributed by atoms with van der Waals surface area (Å²) in [4.78, 5) is 14.1. The average Bonchev–Trinajstić information content (AvgIpc) is 2.69. The van der Waals surface area contributed by atoms with Crippen LogP contribution in [0.2, 0.25) is 0 Å². The molecule has 1 aliphatic rings. The number of benzene rings is 1. The van der Waals surface area contributed by atoms with Crippen LogP contribution in [0.4, 0.5) is 0 Å². The van der Waals surface area contributed by atoms with Gasteiger partial charge in [-0.05, 0) is 37.8 Å². The zero-order valence-corrected chi connectivity index (χ0v) is 12.1. The summed E-state index contributed by atoms with van der Waals surface area (Å²) in [6.07, 6.45) is 2.10. The molecule has 3 heteroatoms. The first-order valence-electron chi connectivity index (χ1n) is 5.95. The lowest BCUT2D eigenvalue weighted by Crippen LogP contribution is -2.40. The van der Waals surface area contributed by atoms with E-state index < -0.39 is 4.32 Å². The number of hydrogen-bond acceptors (Lipinski definition) is 1. The van der Waals surface area contributed by atoms with Crippen LogP contribution in [-0.4, -0.2) is 22.2 Å². The van der Waals surface area contributed by atoms with Crippen molar-refractivity contribution in [3.05, 3.63) is 35.4 Å². The number of alkyl halides is 1. The Morgan fingerprint density at radius 2 is 2.06 bits per heavy atom. The lowest BCUT2D eigenvalue weighted by Gasteiger charge is -2.30. The van der Waals surface area contributed by atoms with Crippen LogP contribution in [0.5, 0.6) is 0 Å². The molecule has 0 spiro atoms. The minimum Gasteiger partial charge on any atom is -0.338 e. The second-order valence-electron chi connectivity index (χ2n) is 5.14. The molecule has 0 aliphatic heterocycles. The molecule has 2 nitrogen and oxygen atoms in total. The van der Waals surface area contributed by atoms with E-state index >= 15 is 0 Å².